The van der Waals surface area contributed by atoms with Crippen molar-refractivity contribution < 1.29 is 18.7 Å². The third-order valence-electron chi connectivity index (χ3n) is 3.48. The van der Waals surface area contributed by atoms with Gasteiger partial charge >= 0.3 is 5.97 Å². The summed E-state index contributed by atoms with van der Waals surface area (Å²) in [5.74, 6) is -1.13. The van der Waals surface area contributed by atoms with E-state index in [1.807, 2.05) is 4.90 Å². The molecule has 0 unspecified atom stereocenters. The van der Waals surface area contributed by atoms with Gasteiger partial charge in [-0.25, -0.2) is 4.39 Å². The van der Waals surface area contributed by atoms with E-state index in [1.165, 1.54) is 12.1 Å². The maximum atomic E-state index is 13.5. The first-order valence-electron chi connectivity index (χ1n) is 7.12. The summed E-state index contributed by atoms with van der Waals surface area (Å²) in [4.78, 5) is 25.5. The van der Waals surface area contributed by atoms with Crippen LogP contribution >= 0.6 is 11.6 Å². The van der Waals surface area contributed by atoms with Crippen LogP contribution in [-0.2, 0) is 20.9 Å². The van der Waals surface area contributed by atoms with Crippen molar-refractivity contribution in [2.45, 2.75) is 25.9 Å². The normalized spacial score (nSPS) is 18.9. The molecule has 1 N–H and O–H groups in total. The molecule has 1 heterocycles. The Hall–Kier alpha value is -1.66. The van der Waals surface area contributed by atoms with Crippen LogP contribution in [0.3, 0.4) is 0 Å². The Bertz CT molecular complexity index is 568. The van der Waals surface area contributed by atoms with E-state index in [0.29, 0.717) is 25.2 Å². The fraction of sp³-hybridized carbons (Fsp3) is 0.467. The quantitative estimate of drug-likeness (QED) is 0.836. The molecule has 0 aliphatic carbocycles. The second kappa shape index (κ2) is 7.56. The minimum absolute atomic E-state index is 0.0181. The lowest BCUT2D eigenvalue weighted by Gasteiger charge is -2.34. The first-order chi connectivity index (χ1) is 10.5. The molecular formula is C15H18ClFN2O3. The Balaban J connectivity index is 2.09. The fourth-order valence-corrected chi connectivity index (χ4v) is 2.54. The number of hydrogen-bond donors (Lipinski definition) is 1. The molecule has 1 aliphatic rings. The molecule has 0 bridgehead atoms. The Morgan fingerprint density at radius 3 is 3.00 bits per heavy atom. The Morgan fingerprint density at radius 1 is 1.55 bits per heavy atom. The summed E-state index contributed by atoms with van der Waals surface area (Å²) in [6.07, 6.45) is -0.0181. The zero-order valence-corrected chi connectivity index (χ0v) is 13.0. The van der Waals surface area contributed by atoms with E-state index in [2.05, 4.69) is 5.32 Å². The van der Waals surface area contributed by atoms with E-state index in [1.54, 1.807) is 13.0 Å². The van der Waals surface area contributed by atoms with Crippen molar-refractivity contribution in [3.05, 3.63) is 34.6 Å². The fourth-order valence-electron chi connectivity index (χ4n) is 2.42. The van der Waals surface area contributed by atoms with Crippen LogP contribution < -0.4 is 5.32 Å². The molecule has 7 heteroatoms. The summed E-state index contributed by atoms with van der Waals surface area (Å²) in [6, 6.07) is 3.93. The van der Waals surface area contributed by atoms with Gasteiger partial charge in [0.25, 0.3) is 0 Å². The molecule has 1 aliphatic heterocycles. The second-order valence-corrected chi connectivity index (χ2v) is 5.44. The van der Waals surface area contributed by atoms with Gasteiger partial charge in [0.15, 0.2) is 0 Å². The van der Waals surface area contributed by atoms with Gasteiger partial charge in [-0.2, -0.15) is 0 Å². The van der Waals surface area contributed by atoms with Crippen molar-refractivity contribution in [3.63, 3.8) is 0 Å². The molecule has 0 aromatic heterocycles. The average Bonchev–Trinajstić information content (AvgIpc) is 2.47. The molecule has 1 amide bonds. The number of esters is 1. The highest BCUT2D eigenvalue weighted by molar-refractivity contribution is 6.30. The van der Waals surface area contributed by atoms with E-state index in [4.69, 9.17) is 16.3 Å². The van der Waals surface area contributed by atoms with Crippen LogP contribution in [0.4, 0.5) is 4.39 Å². The van der Waals surface area contributed by atoms with E-state index >= 15 is 0 Å². The number of nitrogens with zero attached hydrogens (tertiary/aromatic N) is 1. The number of piperazine rings is 1. The molecule has 5 nitrogen and oxygen atoms in total. The van der Waals surface area contributed by atoms with Gasteiger partial charge in [0.1, 0.15) is 11.9 Å². The van der Waals surface area contributed by atoms with Crippen LogP contribution in [-0.4, -0.2) is 42.5 Å². The van der Waals surface area contributed by atoms with E-state index in [0.717, 1.165) is 0 Å². The molecule has 1 aromatic rings. The molecule has 120 valence electrons. The van der Waals surface area contributed by atoms with Crippen molar-refractivity contribution in [1.29, 1.82) is 0 Å². The molecule has 1 saturated heterocycles. The summed E-state index contributed by atoms with van der Waals surface area (Å²) in [5, 5.41) is 2.79. The van der Waals surface area contributed by atoms with Gasteiger partial charge in [-0.05, 0) is 24.6 Å². The van der Waals surface area contributed by atoms with Crippen molar-refractivity contribution in [1.82, 2.24) is 10.2 Å². The van der Waals surface area contributed by atoms with Gasteiger partial charge in [0, 0.05) is 19.6 Å². The predicted molar refractivity (Wildman–Crippen MR) is 79.9 cm³/mol. The average molecular weight is 329 g/mol. The van der Waals surface area contributed by atoms with Crippen LogP contribution in [0, 0.1) is 5.82 Å². The van der Waals surface area contributed by atoms with Crippen molar-refractivity contribution in [2.75, 3.05) is 19.7 Å². The SMILES string of the molecule is CCOC(=O)C[C@@H]1C(=O)NCCN1Cc1ccc(Cl)c(F)c1. The van der Waals surface area contributed by atoms with Gasteiger partial charge in [-0.3, -0.25) is 14.5 Å². The zero-order chi connectivity index (χ0) is 16.1. The minimum Gasteiger partial charge on any atom is -0.466 e. The highest BCUT2D eigenvalue weighted by Crippen LogP contribution is 2.19. The Labute approximate surface area is 133 Å². The van der Waals surface area contributed by atoms with Crippen molar-refractivity contribution in [2.24, 2.45) is 0 Å². The molecule has 1 fully saturated rings. The lowest BCUT2D eigenvalue weighted by atomic mass is 10.1. The molecular weight excluding hydrogens is 311 g/mol. The Morgan fingerprint density at radius 2 is 2.32 bits per heavy atom. The Kier molecular flexibility index (Phi) is 5.74. The van der Waals surface area contributed by atoms with Gasteiger partial charge in [-0.15, -0.1) is 0 Å². The first-order valence-corrected chi connectivity index (χ1v) is 7.50. The summed E-state index contributed by atoms with van der Waals surface area (Å²) < 4.78 is 18.4. The largest absolute Gasteiger partial charge is 0.466 e. The van der Waals surface area contributed by atoms with Gasteiger partial charge in [0.05, 0.1) is 18.1 Å². The number of hydrogen-bond acceptors (Lipinski definition) is 4. The third-order valence-corrected chi connectivity index (χ3v) is 3.78. The minimum atomic E-state index is -0.605. The molecule has 1 atom stereocenters. The van der Waals surface area contributed by atoms with Gasteiger partial charge in [-0.1, -0.05) is 17.7 Å². The molecule has 0 saturated carbocycles. The lowest BCUT2D eigenvalue weighted by Crippen LogP contribution is -2.55. The van der Waals surface area contributed by atoms with Crippen LogP contribution in [0.2, 0.25) is 5.02 Å². The number of benzene rings is 1. The number of nitrogens with one attached hydrogen (secondary N) is 1. The van der Waals surface area contributed by atoms with Gasteiger partial charge < -0.3 is 10.1 Å². The van der Waals surface area contributed by atoms with E-state index in [9.17, 15) is 14.0 Å². The van der Waals surface area contributed by atoms with E-state index in [-0.39, 0.29) is 24.0 Å². The first kappa shape index (κ1) is 16.7. The van der Waals surface area contributed by atoms with E-state index < -0.39 is 17.8 Å². The number of carbonyl (C=O) groups is 2. The van der Waals surface area contributed by atoms with Gasteiger partial charge in [0.2, 0.25) is 5.91 Å². The number of amides is 1. The predicted octanol–water partition coefficient (Wildman–Crippen LogP) is 1.73. The highest BCUT2D eigenvalue weighted by atomic mass is 35.5. The number of halogens is 2. The standard InChI is InChI=1S/C15H18ClFN2O3/c1-2-22-14(20)8-13-15(21)18-5-6-19(13)9-10-3-4-11(16)12(17)7-10/h3-4,7,13H,2,5-6,8-9H2,1H3,(H,18,21)/t13-/m1/s1. The maximum absolute atomic E-state index is 13.5. The summed E-state index contributed by atoms with van der Waals surface area (Å²) in [5.41, 5.74) is 0.699. The van der Waals surface area contributed by atoms with Crippen LogP contribution in [0.5, 0.6) is 0 Å². The number of carbonyl (C=O) groups excluding carboxylic acids is 2. The zero-order valence-electron chi connectivity index (χ0n) is 12.3. The van der Waals surface area contributed by atoms with Crippen molar-refractivity contribution in [3.8, 4) is 0 Å². The topological polar surface area (TPSA) is 58.6 Å². The third kappa shape index (κ3) is 4.18. The number of rotatable bonds is 5. The smallest absolute Gasteiger partial charge is 0.307 e. The second-order valence-electron chi connectivity index (χ2n) is 5.03. The van der Waals surface area contributed by atoms with Crippen molar-refractivity contribution >= 4 is 23.5 Å². The van der Waals surface area contributed by atoms with Crippen LogP contribution in [0.1, 0.15) is 18.9 Å². The molecule has 0 spiro atoms. The maximum Gasteiger partial charge on any atom is 0.307 e. The van der Waals surface area contributed by atoms with Crippen LogP contribution in [0.15, 0.2) is 18.2 Å². The monoisotopic (exact) mass is 328 g/mol. The molecule has 1 aromatic carbocycles. The highest BCUT2D eigenvalue weighted by Gasteiger charge is 2.32. The molecule has 22 heavy (non-hydrogen) atoms. The van der Waals surface area contributed by atoms with Crippen LogP contribution in [0.25, 0.3) is 0 Å². The molecule has 2 rings (SSSR count). The summed E-state index contributed by atoms with van der Waals surface area (Å²) >= 11 is 5.66. The lowest BCUT2D eigenvalue weighted by molar-refractivity contribution is -0.148. The summed E-state index contributed by atoms with van der Waals surface area (Å²) in [7, 11) is 0. The number of ether oxygens (including phenoxy) is 1. The summed E-state index contributed by atoms with van der Waals surface area (Å²) in [6.45, 7) is 3.43. The molecule has 0 radical (unpaired) electrons.